The van der Waals surface area contributed by atoms with Gasteiger partial charge in [-0.1, -0.05) is 44.2 Å². The van der Waals surface area contributed by atoms with Crippen molar-refractivity contribution < 1.29 is 58.8 Å². The second-order valence-electron chi connectivity index (χ2n) is 12.7. The van der Waals surface area contributed by atoms with Crippen molar-refractivity contribution in [3.8, 4) is 46.0 Å². The van der Waals surface area contributed by atoms with E-state index in [1.165, 1.54) is 36.4 Å². The minimum atomic E-state index is -1.37. The van der Waals surface area contributed by atoms with Crippen molar-refractivity contribution in [2.75, 3.05) is 0 Å². The molecular formula is C43H34O12. The van der Waals surface area contributed by atoms with Gasteiger partial charge in [-0.05, 0) is 120 Å². The SMILES string of the molecule is CC(C)(c1ccc(Oc2ccc(OOCc3ccc(O)cc3C(=O)O)cc2)cc1)c1ccc(Oc2ccc(OC(=O)c3ccc(O)cc3C(=O)O)cc2)cc1. The minimum Gasteiger partial charge on any atom is -0.508 e. The number of aromatic carboxylic acids is 2. The third-order valence-electron chi connectivity index (χ3n) is 8.63. The normalized spacial score (nSPS) is 11.0. The Morgan fingerprint density at radius 3 is 1.42 bits per heavy atom. The van der Waals surface area contributed by atoms with Crippen LogP contribution in [0, 0.1) is 0 Å². The Bertz CT molecular complexity index is 2310. The lowest BCUT2D eigenvalue weighted by Crippen LogP contribution is -2.18. The van der Waals surface area contributed by atoms with E-state index in [0.29, 0.717) is 34.3 Å². The van der Waals surface area contributed by atoms with E-state index < -0.39 is 17.9 Å². The molecule has 0 aliphatic carbocycles. The number of rotatable bonds is 14. The van der Waals surface area contributed by atoms with E-state index in [1.807, 2.05) is 48.5 Å². The first kappa shape index (κ1) is 37.4. The number of benzene rings is 6. The van der Waals surface area contributed by atoms with Crippen molar-refractivity contribution in [3.05, 3.63) is 167 Å². The first-order valence-electron chi connectivity index (χ1n) is 16.8. The number of carboxylic acids is 2. The Kier molecular flexibility index (Phi) is 11.0. The number of hydrogen-bond acceptors (Lipinski definition) is 10. The Hall–Kier alpha value is -7.31. The average molecular weight is 743 g/mol. The molecule has 0 atom stereocenters. The number of hydrogen-bond donors (Lipinski definition) is 4. The number of aromatic hydroxyl groups is 2. The Morgan fingerprint density at radius 2 is 0.927 bits per heavy atom. The molecule has 0 fully saturated rings. The van der Waals surface area contributed by atoms with Gasteiger partial charge in [0.15, 0.2) is 5.75 Å². The van der Waals surface area contributed by atoms with E-state index in [-0.39, 0.29) is 46.0 Å². The zero-order chi connectivity index (χ0) is 39.1. The number of phenolic OH excluding ortho intramolecular Hbond substituents is 2. The van der Waals surface area contributed by atoms with Gasteiger partial charge in [-0.2, -0.15) is 4.89 Å². The van der Waals surface area contributed by atoms with Crippen LogP contribution in [0.15, 0.2) is 133 Å². The van der Waals surface area contributed by atoms with E-state index in [9.17, 15) is 34.8 Å². The van der Waals surface area contributed by atoms with Crippen LogP contribution in [0.3, 0.4) is 0 Å². The summed E-state index contributed by atoms with van der Waals surface area (Å²) >= 11 is 0. The van der Waals surface area contributed by atoms with Gasteiger partial charge in [0.1, 0.15) is 46.9 Å². The highest BCUT2D eigenvalue weighted by molar-refractivity contribution is 6.03. The second-order valence-corrected chi connectivity index (χ2v) is 12.7. The first-order valence-corrected chi connectivity index (χ1v) is 16.8. The topological polar surface area (TPSA) is 178 Å². The molecule has 12 nitrogen and oxygen atoms in total. The van der Waals surface area contributed by atoms with Gasteiger partial charge < -0.3 is 39.5 Å². The Balaban J connectivity index is 1.01. The maximum Gasteiger partial charge on any atom is 0.344 e. The largest absolute Gasteiger partial charge is 0.508 e. The smallest absolute Gasteiger partial charge is 0.344 e. The number of esters is 1. The van der Waals surface area contributed by atoms with E-state index in [0.717, 1.165) is 23.3 Å². The molecule has 0 radical (unpaired) electrons. The van der Waals surface area contributed by atoms with Gasteiger partial charge in [0.25, 0.3) is 0 Å². The van der Waals surface area contributed by atoms with E-state index in [2.05, 4.69) is 13.8 Å². The number of carbonyl (C=O) groups excluding carboxylic acids is 1. The van der Waals surface area contributed by atoms with Crippen LogP contribution in [0.25, 0.3) is 0 Å². The van der Waals surface area contributed by atoms with E-state index in [4.69, 9.17) is 24.0 Å². The predicted molar refractivity (Wildman–Crippen MR) is 199 cm³/mol. The summed E-state index contributed by atoms with van der Waals surface area (Å²) in [6.45, 7) is 4.09. The number of ether oxygens (including phenoxy) is 3. The van der Waals surface area contributed by atoms with Crippen molar-refractivity contribution in [2.24, 2.45) is 0 Å². The number of phenols is 2. The van der Waals surface area contributed by atoms with Gasteiger partial charge in [-0.15, -0.1) is 0 Å². The third-order valence-corrected chi connectivity index (χ3v) is 8.63. The van der Waals surface area contributed by atoms with Crippen LogP contribution in [0.4, 0.5) is 0 Å². The summed E-state index contributed by atoms with van der Waals surface area (Å²) in [7, 11) is 0. The van der Waals surface area contributed by atoms with Crippen LogP contribution >= 0.6 is 0 Å². The quantitative estimate of drug-likeness (QED) is 0.0361. The molecule has 0 spiro atoms. The molecule has 0 bridgehead atoms. The van der Waals surface area contributed by atoms with Crippen LogP contribution < -0.4 is 19.1 Å². The van der Waals surface area contributed by atoms with Crippen LogP contribution in [0.2, 0.25) is 0 Å². The third kappa shape index (κ3) is 9.20. The molecule has 0 saturated heterocycles. The summed E-state index contributed by atoms with van der Waals surface area (Å²) in [6.07, 6.45) is 0. The highest BCUT2D eigenvalue weighted by Gasteiger charge is 2.24. The fraction of sp³-hybridized carbons (Fsp3) is 0.0930. The standard InChI is InChI=1S/C43H34O12/c1-43(2,27-4-10-31(11-5-27)52-33-14-16-35(17-15-33)54-42(50)37-22-9-30(45)24-39(37)41(48)49)28-6-12-32(13-7-28)53-34-18-20-36(21-19-34)55-51-25-26-3-8-29(44)23-38(26)40(46)47/h3-24,44-45H,25H2,1-2H3,(H,46,47)(H,48,49). The molecule has 0 aromatic heterocycles. The van der Waals surface area contributed by atoms with Gasteiger partial charge in [0, 0.05) is 5.41 Å². The van der Waals surface area contributed by atoms with Crippen molar-refractivity contribution in [2.45, 2.75) is 25.9 Å². The van der Waals surface area contributed by atoms with Crippen LogP contribution in [-0.4, -0.2) is 38.3 Å². The van der Waals surface area contributed by atoms with Crippen molar-refractivity contribution in [3.63, 3.8) is 0 Å². The maximum atomic E-state index is 12.6. The highest BCUT2D eigenvalue weighted by atomic mass is 17.2. The number of carboxylic acid groups (broad SMARTS) is 2. The highest BCUT2D eigenvalue weighted by Crippen LogP contribution is 2.35. The van der Waals surface area contributed by atoms with Gasteiger partial charge in [0.05, 0.1) is 16.7 Å². The van der Waals surface area contributed by atoms with E-state index in [1.54, 1.807) is 36.4 Å². The van der Waals surface area contributed by atoms with Gasteiger partial charge in [-0.25, -0.2) is 14.4 Å². The fourth-order valence-corrected chi connectivity index (χ4v) is 5.56. The first-order chi connectivity index (χ1) is 26.3. The summed E-state index contributed by atoms with van der Waals surface area (Å²) in [5, 5.41) is 37.8. The van der Waals surface area contributed by atoms with Crippen molar-refractivity contribution in [1.82, 2.24) is 0 Å². The Morgan fingerprint density at radius 1 is 0.509 bits per heavy atom. The molecule has 4 N–H and O–H groups in total. The van der Waals surface area contributed by atoms with Gasteiger partial charge >= 0.3 is 17.9 Å². The molecule has 0 saturated carbocycles. The van der Waals surface area contributed by atoms with E-state index >= 15 is 0 Å². The fourth-order valence-electron chi connectivity index (χ4n) is 5.56. The molecule has 0 aliphatic heterocycles. The van der Waals surface area contributed by atoms with Gasteiger partial charge in [0.2, 0.25) is 0 Å². The Labute approximate surface area is 314 Å². The molecule has 6 aromatic carbocycles. The monoisotopic (exact) mass is 742 g/mol. The lowest BCUT2D eigenvalue weighted by Gasteiger charge is -2.26. The predicted octanol–water partition coefficient (Wildman–Crippen LogP) is 9.13. The average Bonchev–Trinajstić information content (AvgIpc) is 3.17. The van der Waals surface area contributed by atoms with Crippen LogP contribution in [0.5, 0.6) is 46.0 Å². The molecule has 0 aliphatic rings. The molecule has 0 heterocycles. The van der Waals surface area contributed by atoms with Crippen molar-refractivity contribution in [1.29, 1.82) is 0 Å². The molecule has 0 amide bonds. The molecule has 6 aromatic rings. The molecule has 0 unspecified atom stereocenters. The summed E-state index contributed by atoms with van der Waals surface area (Å²) in [5.41, 5.74) is 1.46. The second kappa shape index (κ2) is 16.1. The zero-order valence-electron chi connectivity index (χ0n) is 29.5. The summed E-state index contributed by atoms with van der Waals surface area (Å²) in [5.74, 6) is -0.993. The molecule has 55 heavy (non-hydrogen) atoms. The minimum absolute atomic E-state index is 0.0788. The molecule has 6 rings (SSSR count). The lowest BCUT2D eigenvalue weighted by molar-refractivity contribution is -0.217. The summed E-state index contributed by atoms with van der Waals surface area (Å²) < 4.78 is 17.3. The summed E-state index contributed by atoms with van der Waals surface area (Å²) in [6, 6.07) is 35.9. The van der Waals surface area contributed by atoms with Crippen molar-refractivity contribution >= 4 is 17.9 Å². The zero-order valence-corrected chi connectivity index (χ0v) is 29.5. The molecular weight excluding hydrogens is 708 g/mol. The number of carbonyl (C=O) groups is 3. The summed E-state index contributed by atoms with van der Waals surface area (Å²) in [4.78, 5) is 46.0. The van der Waals surface area contributed by atoms with Gasteiger partial charge in [-0.3, -0.25) is 0 Å². The lowest BCUT2D eigenvalue weighted by atomic mass is 9.78. The molecule has 278 valence electrons. The molecule has 12 heteroatoms. The van der Waals surface area contributed by atoms with Crippen LogP contribution in [-0.2, 0) is 16.9 Å². The maximum absolute atomic E-state index is 12.6. The van der Waals surface area contributed by atoms with Crippen LogP contribution in [0.1, 0.15) is 61.6 Å².